The first-order valence-electron chi connectivity index (χ1n) is 11.9. The van der Waals surface area contributed by atoms with Gasteiger partial charge in [0.15, 0.2) is 0 Å². The molecule has 1 saturated heterocycles. The van der Waals surface area contributed by atoms with Crippen molar-refractivity contribution >= 4 is 5.97 Å². The van der Waals surface area contributed by atoms with E-state index in [1.807, 2.05) is 24.3 Å². The molecule has 1 aliphatic rings. The van der Waals surface area contributed by atoms with Crippen LogP contribution < -0.4 is 0 Å². The van der Waals surface area contributed by atoms with Crippen LogP contribution >= 0.6 is 0 Å². The number of allylic oxidation sites excluding steroid dienone is 1. The standard InChI is InChI=1S/C26H40O4/c1-3-5-7-8-9-10-15-18-22(27)24-20-25(23(29-24)19-12-6-4-2)30-26(28)21-16-13-11-14-17-21/h3,11,13-14,16-17,22-25,27H,1,4-10,12,15,18-20H2,2H3/t22-,23+,24+,25+/m1/s1. The van der Waals surface area contributed by atoms with Gasteiger partial charge in [0.1, 0.15) is 6.10 Å². The Kier molecular flexibility index (Phi) is 11.8. The molecule has 4 heteroatoms. The van der Waals surface area contributed by atoms with E-state index in [4.69, 9.17) is 9.47 Å². The molecule has 0 radical (unpaired) electrons. The molecular weight excluding hydrogens is 376 g/mol. The van der Waals surface area contributed by atoms with Crippen LogP contribution in [0.1, 0.15) is 94.3 Å². The lowest BCUT2D eigenvalue weighted by Crippen LogP contribution is -2.27. The predicted octanol–water partition coefficient (Wildman–Crippen LogP) is 6.23. The van der Waals surface area contributed by atoms with E-state index >= 15 is 0 Å². The van der Waals surface area contributed by atoms with Gasteiger partial charge in [-0.25, -0.2) is 4.79 Å². The van der Waals surface area contributed by atoms with Crippen LogP contribution in [0.4, 0.5) is 0 Å². The van der Waals surface area contributed by atoms with Crippen LogP contribution in [0.2, 0.25) is 0 Å². The lowest BCUT2D eigenvalue weighted by Gasteiger charge is -2.20. The van der Waals surface area contributed by atoms with Crippen LogP contribution in [0.5, 0.6) is 0 Å². The first kappa shape index (κ1) is 24.6. The summed E-state index contributed by atoms with van der Waals surface area (Å²) < 4.78 is 12.0. The van der Waals surface area contributed by atoms with Crippen LogP contribution in [0.15, 0.2) is 43.0 Å². The van der Waals surface area contributed by atoms with E-state index in [0.717, 1.165) is 51.4 Å². The van der Waals surface area contributed by atoms with Gasteiger partial charge in [0.05, 0.1) is 23.9 Å². The molecule has 1 N–H and O–H groups in total. The molecule has 0 spiro atoms. The van der Waals surface area contributed by atoms with Crippen molar-refractivity contribution in [2.24, 2.45) is 0 Å². The molecule has 0 aliphatic carbocycles. The fraction of sp³-hybridized carbons (Fsp3) is 0.654. The fourth-order valence-corrected chi connectivity index (χ4v) is 4.11. The van der Waals surface area contributed by atoms with Crippen molar-refractivity contribution in [3.05, 3.63) is 48.6 Å². The van der Waals surface area contributed by atoms with Crippen molar-refractivity contribution in [3.8, 4) is 0 Å². The molecule has 1 heterocycles. The van der Waals surface area contributed by atoms with E-state index in [9.17, 15) is 9.90 Å². The molecule has 1 fully saturated rings. The smallest absolute Gasteiger partial charge is 0.338 e. The van der Waals surface area contributed by atoms with Gasteiger partial charge in [-0.1, -0.05) is 76.1 Å². The van der Waals surface area contributed by atoms with Gasteiger partial charge in [-0.2, -0.15) is 0 Å². The molecule has 1 aromatic carbocycles. The van der Waals surface area contributed by atoms with E-state index < -0.39 is 6.10 Å². The Bertz CT molecular complexity index is 600. The van der Waals surface area contributed by atoms with Gasteiger partial charge in [-0.05, 0) is 37.8 Å². The molecular formula is C26H40O4. The topological polar surface area (TPSA) is 55.8 Å². The second-order valence-electron chi connectivity index (χ2n) is 8.46. The summed E-state index contributed by atoms with van der Waals surface area (Å²) in [4.78, 5) is 12.5. The van der Waals surface area contributed by atoms with E-state index in [-0.39, 0.29) is 24.3 Å². The summed E-state index contributed by atoms with van der Waals surface area (Å²) in [5, 5.41) is 10.7. The monoisotopic (exact) mass is 416 g/mol. The van der Waals surface area contributed by atoms with Gasteiger partial charge in [0, 0.05) is 6.42 Å². The first-order chi connectivity index (χ1) is 14.7. The molecule has 0 saturated carbocycles. The van der Waals surface area contributed by atoms with Gasteiger partial charge >= 0.3 is 5.97 Å². The van der Waals surface area contributed by atoms with Crippen LogP contribution in [0, 0.1) is 0 Å². The highest BCUT2D eigenvalue weighted by Crippen LogP contribution is 2.31. The molecule has 0 aromatic heterocycles. The Balaban J connectivity index is 1.82. The highest BCUT2D eigenvalue weighted by atomic mass is 16.6. The van der Waals surface area contributed by atoms with Crippen molar-refractivity contribution < 1.29 is 19.4 Å². The van der Waals surface area contributed by atoms with E-state index in [2.05, 4.69) is 13.5 Å². The number of unbranched alkanes of at least 4 members (excludes halogenated alkanes) is 7. The molecule has 2 rings (SSSR count). The number of rotatable bonds is 15. The molecule has 30 heavy (non-hydrogen) atoms. The number of hydrogen-bond donors (Lipinski definition) is 1. The maximum Gasteiger partial charge on any atom is 0.338 e. The quantitative estimate of drug-likeness (QED) is 0.209. The Morgan fingerprint density at radius 3 is 2.63 bits per heavy atom. The Morgan fingerprint density at radius 1 is 1.17 bits per heavy atom. The highest BCUT2D eigenvalue weighted by molar-refractivity contribution is 5.89. The highest BCUT2D eigenvalue weighted by Gasteiger charge is 2.40. The summed E-state index contributed by atoms with van der Waals surface area (Å²) in [5.41, 5.74) is 0.560. The number of carbonyl (C=O) groups is 1. The third kappa shape index (κ3) is 8.61. The molecule has 0 amide bonds. The van der Waals surface area contributed by atoms with Crippen molar-refractivity contribution in [2.45, 2.75) is 108 Å². The fourth-order valence-electron chi connectivity index (χ4n) is 4.11. The van der Waals surface area contributed by atoms with E-state index in [1.54, 1.807) is 12.1 Å². The van der Waals surface area contributed by atoms with Gasteiger partial charge < -0.3 is 14.6 Å². The second-order valence-corrected chi connectivity index (χ2v) is 8.46. The lowest BCUT2D eigenvalue weighted by atomic mass is 10.00. The molecule has 0 bridgehead atoms. The predicted molar refractivity (Wildman–Crippen MR) is 122 cm³/mol. The SMILES string of the molecule is C=CCCCCCCC[C@@H](O)[C@@H]1C[C@H](OC(=O)c2ccccc2)[C@H](CCCCC)O1. The van der Waals surface area contributed by atoms with E-state index in [0.29, 0.717) is 12.0 Å². The summed E-state index contributed by atoms with van der Waals surface area (Å²) >= 11 is 0. The van der Waals surface area contributed by atoms with Gasteiger partial charge in [-0.3, -0.25) is 0 Å². The summed E-state index contributed by atoms with van der Waals surface area (Å²) in [6.45, 7) is 5.93. The second kappa shape index (κ2) is 14.4. The average molecular weight is 417 g/mol. The zero-order valence-corrected chi connectivity index (χ0v) is 18.6. The Labute approximate surface area is 182 Å². The van der Waals surface area contributed by atoms with Gasteiger partial charge in [0.25, 0.3) is 0 Å². The lowest BCUT2D eigenvalue weighted by molar-refractivity contribution is -0.0531. The normalized spacial score (nSPS) is 22.0. The number of aliphatic hydroxyl groups excluding tert-OH is 1. The Morgan fingerprint density at radius 2 is 1.90 bits per heavy atom. The van der Waals surface area contributed by atoms with Gasteiger partial charge in [0.2, 0.25) is 0 Å². The van der Waals surface area contributed by atoms with Crippen LogP contribution in [-0.4, -0.2) is 35.5 Å². The van der Waals surface area contributed by atoms with Crippen LogP contribution in [-0.2, 0) is 9.47 Å². The zero-order chi connectivity index (χ0) is 21.6. The minimum Gasteiger partial charge on any atom is -0.456 e. The average Bonchev–Trinajstić information content (AvgIpc) is 3.16. The maximum absolute atomic E-state index is 12.5. The summed E-state index contributed by atoms with van der Waals surface area (Å²) in [6, 6.07) is 9.10. The molecule has 4 atom stereocenters. The van der Waals surface area contributed by atoms with Crippen molar-refractivity contribution in [3.63, 3.8) is 0 Å². The summed E-state index contributed by atoms with van der Waals surface area (Å²) in [5.74, 6) is -0.306. The molecule has 1 aromatic rings. The largest absolute Gasteiger partial charge is 0.456 e. The summed E-state index contributed by atoms with van der Waals surface area (Å²) in [6.07, 6.45) is 13.2. The zero-order valence-electron chi connectivity index (χ0n) is 18.6. The van der Waals surface area contributed by atoms with Crippen LogP contribution in [0.25, 0.3) is 0 Å². The van der Waals surface area contributed by atoms with Crippen molar-refractivity contribution in [1.29, 1.82) is 0 Å². The molecule has 168 valence electrons. The molecule has 0 unspecified atom stereocenters. The first-order valence-corrected chi connectivity index (χ1v) is 11.9. The minimum atomic E-state index is -0.493. The van der Waals surface area contributed by atoms with Gasteiger partial charge in [-0.15, -0.1) is 6.58 Å². The number of esters is 1. The third-order valence-corrected chi connectivity index (χ3v) is 5.93. The van der Waals surface area contributed by atoms with Crippen LogP contribution in [0.3, 0.4) is 0 Å². The third-order valence-electron chi connectivity index (χ3n) is 5.93. The van der Waals surface area contributed by atoms with Crippen molar-refractivity contribution in [2.75, 3.05) is 0 Å². The Hall–Kier alpha value is -1.65. The maximum atomic E-state index is 12.5. The number of aliphatic hydroxyl groups is 1. The number of hydrogen-bond acceptors (Lipinski definition) is 4. The summed E-state index contributed by atoms with van der Waals surface area (Å²) in [7, 11) is 0. The molecule has 4 nitrogen and oxygen atoms in total. The number of carbonyl (C=O) groups excluding carboxylic acids is 1. The van der Waals surface area contributed by atoms with E-state index in [1.165, 1.54) is 19.3 Å². The van der Waals surface area contributed by atoms with Crippen molar-refractivity contribution in [1.82, 2.24) is 0 Å². The molecule has 1 aliphatic heterocycles. The minimum absolute atomic E-state index is 0.122. The number of ether oxygens (including phenoxy) is 2. The number of benzene rings is 1.